The molecule has 1 N–H and O–H groups in total. The summed E-state index contributed by atoms with van der Waals surface area (Å²) in [5.41, 5.74) is 0.667. The maximum atomic E-state index is 16.3. The van der Waals surface area contributed by atoms with E-state index in [9.17, 15) is 9.18 Å². The monoisotopic (exact) mass is 465 g/mol. The third-order valence-electron chi connectivity index (χ3n) is 6.48. The van der Waals surface area contributed by atoms with Crippen molar-refractivity contribution in [2.75, 3.05) is 6.54 Å². The fourth-order valence-corrected chi connectivity index (χ4v) is 5.51. The molecular formula is C20H28B6ClF2N3O. The number of hydrogen-bond donors (Lipinski definition) is 1. The van der Waals surface area contributed by atoms with Crippen molar-refractivity contribution < 1.29 is 13.6 Å². The van der Waals surface area contributed by atoms with E-state index >= 15 is 4.39 Å². The molecule has 168 valence electrons. The Labute approximate surface area is 205 Å². The van der Waals surface area contributed by atoms with Crippen molar-refractivity contribution in [1.29, 1.82) is 0 Å². The lowest BCUT2D eigenvalue weighted by atomic mass is 9.44. The highest BCUT2D eigenvalue weighted by molar-refractivity contribution is 6.46. The van der Waals surface area contributed by atoms with Crippen LogP contribution < -0.4 is 5.32 Å². The zero-order valence-corrected chi connectivity index (χ0v) is 21.3. The number of aromatic nitrogens is 1. The normalized spacial score (nSPS) is 19.2. The van der Waals surface area contributed by atoms with E-state index < -0.39 is 27.5 Å². The van der Waals surface area contributed by atoms with Crippen molar-refractivity contribution in [1.82, 2.24) is 15.2 Å². The Morgan fingerprint density at radius 1 is 1.18 bits per heavy atom. The Kier molecular flexibility index (Phi) is 6.96. The van der Waals surface area contributed by atoms with Crippen molar-refractivity contribution >= 4 is 64.6 Å². The van der Waals surface area contributed by atoms with Crippen LogP contribution in [-0.2, 0) is 5.34 Å². The van der Waals surface area contributed by atoms with Gasteiger partial charge in [0.15, 0.2) is 0 Å². The van der Waals surface area contributed by atoms with Crippen molar-refractivity contribution in [3.8, 4) is 0 Å². The molecule has 0 spiro atoms. The van der Waals surface area contributed by atoms with Crippen LogP contribution in [0.1, 0.15) is 34.5 Å². The van der Waals surface area contributed by atoms with Crippen LogP contribution in [0, 0.1) is 12.7 Å². The number of aryl methyl sites for hydroxylation is 1. The predicted molar refractivity (Wildman–Crippen MR) is 146 cm³/mol. The van der Waals surface area contributed by atoms with E-state index in [2.05, 4.69) is 10.3 Å². The van der Waals surface area contributed by atoms with Gasteiger partial charge in [0.2, 0.25) is 0 Å². The molecule has 3 rings (SSSR count). The van der Waals surface area contributed by atoms with Crippen LogP contribution in [0.3, 0.4) is 0 Å². The lowest BCUT2D eigenvalue weighted by molar-refractivity contribution is 0.00396. The highest BCUT2D eigenvalue weighted by Crippen LogP contribution is 2.42. The van der Waals surface area contributed by atoms with Gasteiger partial charge in [-0.05, 0) is 65.6 Å². The number of nitrogens with zero attached hydrogens (tertiary/aromatic N) is 2. The highest BCUT2D eigenvalue weighted by atomic mass is 35.5. The van der Waals surface area contributed by atoms with E-state index in [1.807, 2.05) is 72.3 Å². The fourth-order valence-electron chi connectivity index (χ4n) is 5.33. The predicted octanol–water partition coefficient (Wildman–Crippen LogP) is -2.37. The van der Waals surface area contributed by atoms with Gasteiger partial charge in [-0.25, -0.2) is 8.78 Å². The van der Waals surface area contributed by atoms with E-state index in [4.69, 9.17) is 11.6 Å². The first-order valence-electron chi connectivity index (χ1n) is 11.2. The molecule has 0 saturated carbocycles. The minimum atomic E-state index is -1.54. The van der Waals surface area contributed by atoms with Gasteiger partial charge in [0, 0.05) is 24.0 Å². The standard InChI is InChI=1S/C20H28B6ClF2N3O/c1-11-2-5-15(30-7-11)20(25,26)31-10-17(29)8-18(21,22)32(19(23,24)9-17)16(33)12-3-4-14(28)13(27)6-12/h2-7,31H,8-10,21-26H2,1H3. The zero-order chi connectivity index (χ0) is 24.8. The Morgan fingerprint density at radius 3 is 2.30 bits per heavy atom. The molecule has 0 aliphatic carbocycles. The van der Waals surface area contributed by atoms with E-state index in [-0.39, 0.29) is 30.3 Å². The molecule has 1 aromatic heterocycles. The number of carbonyl (C=O) groups excluding carboxylic acids is 1. The van der Waals surface area contributed by atoms with E-state index in [1.54, 1.807) is 4.90 Å². The van der Waals surface area contributed by atoms with Crippen molar-refractivity contribution in [3.05, 3.63) is 64.2 Å². The zero-order valence-electron chi connectivity index (χ0n) is 20.5. The van der Waals surface area contributed by atoms with E-state index in [0.29, 0.717) is 5.56 Å². The van der Waals surface area contributed by atoms with Gasteiger partial charge in [-0.3, -0.25) is 9.78 Å². The van der Waals surface area contributed by atoms with Gasteiger partial charge in [-0.2, -0.15) is 0 Å². The molecule has 13 heteroatoms. The van der Waals surface area contributed by atoms with E-state index in [1.165, 1.54) is 18.2 Å². The molecule has 2 heterocycles. The summed E-state index contributed by atoms with van der Waals surface area (Å²) in [5, 5.41) is 1.20. The number of nitrogens with one attached hydrogen (secondary N) is 1. The molecule has 33 heavy (non-hydrogen) atoms. The largest absolute Gasteiger partial charge is 0.359 e. The molecule has 2 aromatic rings. The molecule has 4 nitrogen and oxygen atoms in total. The first kappa shape index (κ1) is 26.0. The lowest BCUT2D eigenvalue weighted by Gasteiger charge is -2.58. The molecule has 0 radical (unpaired) electrons. The van der Waals surface area contributed by atoms with Crippen LogP contribution in [0.4, 0.5) is 8.78 Å². The number of rotatable bonds is 5. The number of hydrogen-bond acceptors (Lipinski definition) is 3. The highest BCUT2D eigenvalue weighted by Gasteiger charge is 2.54. The first-order chi connectivity index (χ1) is 15.1. The minimum Gasteiger partial charge on any atom is -0.359 e. The summed E-state index contributed by atoms with van der Waals surface area (Å²) in [4.78, 5) is 19.7. The Bertz CT molecular complexity index is 1040. The SMILES string of the molecule is BC(B)(NCC1(F)CC(B)(B)N(C(=O)c2ccc(F)c(Cl)c2)C(B)(B)C1)c1ccc(C)cn1. The second-order valence-corrected chi connectivity index (χ2v) is 11.5. The van der Waals surface area contributed by atoms with Gasteiger partial charge in [0.1, 0.15) is 58.6 Å². The maximum Gasteiger partial charge on any atom is 0.252 e. The molecule has 0 unspecified atom stereocenters. The smallest absolute Gasteiger partial charge is 0.252 e. The number of carbonyl (C=O) groups is 1. The summed E-state index contributed by atoms with van der Waals surface area (Å²) in [5.74, 6) is -0.865. The summed E-state index contributed by atoms with van der Waals surface area (Å²) in [7, 11) is 11.5. The molecule has 1 aromatic carbocycles. The molecule has 1 amide bonds. The van der Waals surface area contributed by atoms with Gasteiger partial charge >= 0.3 is 0 Å². The number of likely N-dealkylation sites (tertiary alicyclic amines) is 1. The third-order valence-corrected chi connectivity index (χ3v) is 6.77. The second-order valence-electron chi connectivity index (χ2n) is 11.1. The molecule has 0 bridgehead atoms. The number of amides is 1. The van der Waals surface area contributed by atoms with Crippen LogP contribution in [0.15, 0.2) is 36.5 Å². The molecule has 0 atom stereocenters. The second kappa shape index (κ2) is 8.84. The van der Waals surface area contributed by atoms with Crippen LogP contribution >= 0.6 is 11.6 Å². The van der Waals surface area contributed by atoms with E-state index in [0.717, 1.165) is 11.3 Å². The molecule has 1 fully saturated rings. The summed E-state index contributed by atoms with van der Waals surface area (Å²) >= 11 is 5.91. The van der Waals surface area contributed by atoms with Crippen molar-refractivity contribution in [2.45, 2.75) is 41.4 Å². The molecule has 1 aliphatic heterocycles. The molecule has 1 saturated heterocycles. The van der Waals surface area contributed by atoms with Crippen molar-refractivity contribution in [3.63, 3.8) is 0 Å². The van der Waals surface area contributed by atoms with Crippen LogP contribution in [0.2, 0.25) is 5.02 Å². The maximum absolute atomic E-state index is 16.3. The van der Waals surface area contributed by atoms with Crippen LogP contribution in [0.5, 0.6) is 0 Å². The number of benzene rings is 1. The topological polar surface area (TPSA) is 45.2 Å². The number of piperidine rings is 1. The Hall–Kier alpha value is -1.66. The average Bonchev–Trinajstić information content (AvgIpc) is 2.67. The summed E-state index contributed by atoms with van der Waals surface area (Å²) in [6.07, 6.45) is 2.13. The number of halogens is 3. The average molecular weight is 465 g/mol. The third kappa shape index (κ3) is 5.54. The summed E-state index contributed by atoms with van der Waals surface area (Å²) < 4.78 is 30.0. The molecular weight excluding hydrogens is 437 g/mol. The Balaban J connectivity index is 1.82. The fraction of sp³-hybridized carbons (Fsp3) is 0.400. The number of pyridine rings is 1. The first-order valence-corrected chi connectivity index (χ1v) is 11.6. The summed E-state index contributed by atoms with van der Waals surface area (Å²) in [6, 6.07) is 7.89. The van der Waals surface area contributed by atoms with Gasteiger partial charge in [-0.15, -0.1) is 0 Å². The van der Waals surface area contributed by atoms with Crippen LogP contribution in [-0.4, -0.2) is 85.8 Å². The van der Waals surface area contributed by atoms with Gasteiger partial charge < -0.3 is 10.2 Å². The van der Waals surface area contributed by atoms with Gasteiger partial charge in [0.25, 0.3) is 5.91 Å². The lowest BCUT2D eigenvalue weighted by Crippen LogP contribution is -2.73. The van der Waals surface area contributed by atoms with Gasteiger partial charge in [0.05, 0.1) is 5.02 Å². The number of alkyl halides is 1. The minimum absolute atomic E-state index is 0.107. The Morgan fingerprint density at radius 2 is 1.79 bits per heavy atom. The van der Waals surface area contributed by atoms with Crippen molar-refractivity contribution in [2.24, 2.45) is 0 Å². The summed E-state index contributed by atoms with van der Waals surface area (Å²) in [6.45, 7) is 2.11. The van der Waals surface area contributed by atoms with Crippen LogP contribution in [0.25, 0.3) is 0 Å². The van der Waals surface area contributed by atoms with Gasteiger partial charge in [-0.1, -0.05) is 17.7 Å². The molecule has 1 aliphatic rings. The quantitative estimate of drug-likeness (QED) is 0.504.